The average Bonchev–Trinajstić information content (AvgIpc) is 3.57. The van der Waals surface area contributed by atoms with Crippen LogP contribution in [0, 0.1) is 0 Å². The van der Waals surface area contributed by atoms with Gasteiger partial charge >= 0.3 is 0 Å². The molecule has 4 N–H and O–H groups in total. The van der Waals surface area contributed by atoms with Gasteiger partial charge in [-0.1, -0.05) is 60.7 Å². The molecular weight excluding hydrogens is 512 g/mol. The average molecular weight is 551 g/mol. The Kier molecular flexibility index (Phi) is 8.50. The van der Waals surface area contributed by atoms with Crippen LogP contribution in [0.3, 0.4) is 0 Å². The van der Waals surface area contributed by atoms with Crippen molar-refractivity contribution in [3.63, 3.8) is 0 Å². The maximum atomic E-state index is 13.2. The second-order valence-electron chi connectivity index (χ2n) is 11.1. The van der Waals surface area contributed by atoms with Crippen LogP contribution in [0.5, 0.6) is 5.75 Å². The van der Waals surface area contributed by atoms with Gasteiger partial charge in [0, 0.05) is 29.9 Å². The smallest absolute Gasteiger partial charge is 0.240 e. The third-order valence-corrected chi connectivity index (χ3v) is 7.37. The zero-order chi connectivity index (χ0) is 28.8. The second-order valence-corrected chi connectivity index (χ2v) is 11.1. The number of H-pyrrole nitrogens is 1. The van der Waals surface area contributed by atoms with E-state index in [-0.39, 0.29) is 5.91 Å². The molecule has 41 heavy (non-hydrogen) atoms. The van der Waals surface area contributed by atoms with E-state index >= 15 is 0 Å². The molecule has 5 rings (SSSR count). The molecule has 2 aromatic heterocycles. The van der Waals surface area contributed by atoms with Crippen molar-refractivity contribution in [2.75, 3.05) is 7.11 Å². The topological polar surface area (TPSA) is 111 Å². The molecule has 0 aliphatic heterocycles. The Balaban J connectivity index is 1.50. The number of hydrogen-bond acceptors (Lipinski definition) is 5. The maximum Gasteiger partial charge on any atom is 0.240 e. The van der Waals surface area contributed by atoms with Crippen LogP contribution in [-0.4, -0.2) is 38.3 Å². The van der Waals surface area contributed by atoms with Gasteiger partial charge < -0.3 is 25.3 Å². The van der Waals surface area contributed by atoms with Crippen LogP contribution >= 0.6 is 0 Å². The van der Waals surface area contributed by atoms with E-state index in [2.05, 4.69) is 50.3 Å². The molecule has 0 saturated carbocycles. The largest absolute Gasteiger partial charge is 0.497 e. The quantitative estimate of drug-likeness (QED) is 0.200. The standard InChI is InChI=1S/C33H38N6O2/c1-33(2,34)32(40)36-29(20-25-21-35-28-14-8-7-13-27(25)28)31-38-37-30(15-9-12-23-10-5-4-6-11-23)39(31)22-24-16-18-26(41-3)19-17-24/h4-8,10-11,13-14,16-19,21,29,35H,9,12,15,20,22,34H2,1-3H3,(H,36,40)/t29-/m0/s1. The number of rotatable bonds is 12. The number of nitrogens with zero attached hydrogens (tertiary/aromatic N) is 3. The lowest BCUT2D eigenvalue weighted by Gasteiger charge is -2.25. The van der Waals surface area contributed by atoms with Gasteiger partial charge in [0.1, 0.15) is 11.6 Å². The molecule has 0 aliphatic rings. The highest BCUT2D eigenvalue weighted by Crippen LogP contribution is 2.26. The number of fused-ring (bicyclic) bond motifs is 1. The Labute approximate surface area is 240 Å². The summed E-state index contributed by atoms with van der Waals surface area (Å²) in [6, 6.07) is 26.2. The van der Waals surface area contributed by atoms with E-state index in [1.807, 2.05) is 54.7 Å². The van der Waals surface area contributed by atoms with Gasteiger partial charge in [0.15, 0.2) is 5.82 Å². The van der Waals surface area contributed by atoms with Gasteiger partial charge in [-0.25, -0.2) is 0 Å². The molecule has 0 bridgehead atoms. The van der Waals surface area contributed by atoms with E-state index in [0.717, 1.165) is 52.9 Å². The number of benzene rings is 3. The van der Waals surface area contributed by atoms with Crippen molar-refractivity contribution in [2.24, 2.45) is 5.73 Å². The Bertz CT molecular complexity index is 1580. The predicted octanol–water partition coefficient (Wildman–Crippen LogP) is 5.13. The first-order valence-corrected chi connectivity index (χ1v) is 14.1. The summed E-state index contributed by atoms with van der Waals surface area (Å²) in [5.74, 6) is 2.15. The number of aryl methyl sites for hydroxylation is 2. The highest BCUT2D eigenvalue weighted by molar-refractivity contribution is 5.86. The molecule has 0 fully saturated rings. The van der Waals surface area contributed by atoms with E-state index in [1.165, 1.54) is 5.56 Å². The fraction of sp³-hybridized carbons (Fsp3) is 0.303. The molecule has 0 unspecified atom stereocenters. The molecule has 8 heteroatoms. The molecule has 0 spiro atoms. The first kappa shape index (κ1) is 28.1. The number of carbonyl (C=O) groups excluding carboxylic acids is 1. The van der Waals surface area contributed by atoms with Crippen LogP contribution in [0.4, 0.5) is 0 Å². The van der Waals surface area contributed by atoms with Crippen molar-refractivity contribution in [2.45, 2.75) is 57.7 Å². The van der Waals surface area contributed by atoms with Gasteiger partial charge in [-0.3, -0.25) is 4.79 Å². The summed E-state index contributed by atoms with van der Waals surface area (Å²) in [6.07, 6.45) is 5.18. The Morgan fingerprint density at radius 1 is 0.976 bits per heavy atom. The highest BCUT2D eigenvalue weighted by atomic mass is 16.5. The van der Waals surface area contributed by atoms with E-state index in [4.69, 9.17) is 15.6 Å². The van der Waals surface area contributed by atoms with Gasteiger partial charge in [-0.15, -0.1) is 10.2 Å². The van der Waals surface area contributed by atoms with Gasteiger partial charge in [-0.2, -0.15) is 0 Å². The lowest BCUT2D eigenvalue weighted by Crippen LogP contribution is -2.50. The molecule has 212 valence electrons. The molecule has 0 saturated heterocycles. The van der Waals surface area contributed by atoms with Crippen LogP contribution in [0.15, 0.2) is 85.1 Å². The molecule has 3 aromatic carbocycles. The number of nitrogens with two attached hydrogens (primary N) is 1. The predicted molar refractivity (Wildman–Crippen MR) is 162 cm³/mol. The molecule has 1 atom stereocenters. The van der Waals surface area contributed by atoms with Crippen LogP contribution in [0.2, 0.25) is 0 Å². The summed E-state index contributed by atoms with van der Waals surface area (Å²) in [6.45, 7) is 3.99. The molecule has 0 aliphatic carbocycles. The highest BCUT2D eigenvalue weighted by Gasteiger charge is 2.29. The minimum Gasteiger partial charge on any atom is -0.497 e. The Morgan fingerprint density at radius 2 is 1.71 bits per heavy atom. The van der Waals surface area contributed by atoms with Crippen LogP contribution < -0.4 is 15.8 Å². The number of hydrogen-bond donors (Lipinski definition) is 3. The second kappa shape index (κ2) is 12.4. The van der Waals surface area contributed by atoms with Gasteiger partial charge in [0.2, 0.25) is 5.91 Å². The number of para-hydroxylation sites is 1. The minimum atomic E-state index is -1.04. The minimum absolute atomic E-state index is 0.244. The lowest BCUT2D eigenvalue weighted by molar-refractivity contribution is -0.126. The number of aromatic amines is 1. The van der Waals surface area contributed by atoms with E-state index in [9.17, 15) is 4.79 Å². The van der Waals surface area contributed by atoms with Crippen molar-refractivity contribution < 1.29 is 9.53 Å². The van der Waals surface area contributed by atoms with E-state index in [0.29, 0.717) is 18.8 Å². The number of amides is 1. The first-order valence-electron chi connectivity index (χ1n) is 14.1. The van der Waals surface area contributed by atoms with Crippen LogP contribution in [-0.2, 0) is 30.6 Å². The maximum absolute atomic E-state index is 13.2. The zero-order valence-electron chi connectivity index (χ0n) is 23.9. The molecule has 2 heterocycles. The molecule has 0 radical (unpaired) electrons. The number of ether oxygens (including phenoxy) is 1. The lowest BCUT2D eigenvalue weighted by atomic mass is 10.0. The Hall–Kier alpha value is -4.43. The molecule has 1 amide bonds. The van der Waals surface area contributed by atoms with Gasteiger partial charge in [0.05, 0.1) is 25.2 Å². The number of nitrogens with one attached hydrogen (secondary N) is 2. The number of methoxy groups -OCH3 is 1. The fourth-order valence-corrected chi connectivity index (χ4v) is 5.04. The normalized spacial score (nSPS) is 12.4. The zero-order valence-corrected chi connectivity index (χ0v) is 23.9. The summed E-state index contributed by atoms with van der Waals surface area (Å²) >= 11 is 0. The summed E-state index contributed by atoms with van der Waals surface area (Å²) in [5.41, 5.74) is 9.69. The Morgan fingerprint density at radius 3 is 2.44 bits per heavy atom. The van der Waals surface area contributed by atoms with Crippen molar-refractivity contribution in [3.05, 3.63) is 113 Å². The van der Waals surface area contributed by atoms with Crippen molar-refractivity contribution >= 4 is 16.8 Å². The fourth-order valence-electron chi connectivity index (χ4n) is 5.04. The van der Waals surface area contributed by atoms with Gasteiger partial charge in [-0.05, 0) is 61.6 Å². The van der Waals surface area contributed by atoms with Gasteiger partial charge in [0.25, 0.3) is 0 Å². The summed E-state index contributed by atoms with van der Waals surface area (Å²) in [4.78, 5) is 16.6. The first-order chi connectivity index (χ1) is 19.8. The molecular formula is C33H38N6O2. The van der Waals surface area contributed by atoms with E-state index in [1.54, 1.807) is 21.0 Å². The van der Waals surface area contributed by atoms with Crippen molar-refractivity contribution in [1.29, 1.82) is 0 Å². The van der Waals surface area contributed by atoms with E-state index < -0.39 is 11.6 Å². The third-order valence-electron chi connectivity index (χ3n) is 7.37. The molecule has 8 nitrogen and oxygen atoms in total. The summed E-state index contributed by atoms with van der Waals surface area (Å²) < 4.78 is 7.51. The molecule has 5 aromatic rings. The monoisotopic (exact) mass is 550 g/mol. The van der Waals surface area contributed by atoms with Crippen molar-refractivity contribution in [1.82, 2.24) is 25.1 Å². The summed E-state index contributed by atoms with van der Waals surface area (Å²) in [7, 11) is 1.66. The van der Waals surface area contributed by atoms with Crippen molar-refractivity contribution in [3.8, 4) is 5.75 Å². The summed E-state index contributed by atoms with van der Waals surface area (Å²) in [5, 5.41) is 13.7. The third kappa shape index (κ3) is 6.84. The SMILES string of the molecule is COc1ccc(Cn2c(CCCc3ccccc3)nnc2[C@H](Cc2c[nH]c3ccccc23)NC(=O)C(C)(C)N)cc1. The van der Waals surface area contributed by atoms with Crippen LogP contribution in [0.1, 0.15) is 54.6 Å². The number of carbonyl (C=O) groups is 1. The van der Waals surface area contributed by atoms with Crippen LogP contribution in [0.25, 0.3) is 10.9 Å². The number of aromatic nitrogens is 4.